The molecule has 1 saturated heterocycles. The van der Waals surface area contributed by atoms with Gasteiger partial charge in [-0.3, -0.25) is 9.69 Å². The molecule has 3 heterocycles. The van der Waals surface area contributed by atoms with E-state index >= 15 is 0 Å². The Kier molecular flexibility index (Phi) is 4.28. The van der Waals surface area contributed by atoms with Crippen LogP contribution in [0.4, 0.5) is 0 Å². The van der Waals surface area contributed by atoms with Gasteiger partial charge in [0.1, 0.15) is 11.2 Å². The van der Waals surface area contributed by atoms with E-state index in [0.29, 0.717) is 11.4 Å². The lowest BCUT2D eigenvalue weighted by Crippen LogP contribution is -2.21. The van der Waals surface area contributed by atoms with E-state index in [2.05, 4.69) is 39.2 Å². The lowest BCUT2D eigenvalue weighted by atomic mass is 10.1. The van der Waals surface area contributed by atoms with Crippen LogP contribution in [-0.4, -0.2) is 37.7 Å². The zero-order chi connectivity index (χ0) is 18.2. The van der Waals surface area contributed by atoms with Crippen LogP contribution in [0.2, 0.25) is 0 Å². The fraction of sp³-hybridized carbons (Fsp3) is 0.476. The van der Waals surface area contributed by atoms with E-state index in [4.69, 9.17) is 4.98 Å². The Bertz CT molecular complexity index is 987. The summed E-state index contributed by atoms with van der Waals surface area (Å²) in [5, 5.41) is 5.12. The molecule has 3 aromatic rings. The molecule has 2 fully saturated rings. The Balaban J connectivity index is 1.40. The van der Waals surface area contributed by atoms with Gasteiger partial charge in [-0.1, -0.05) is 43.2 Å². The molecule has 6 nitrogen and oxygen atoms in total. The van der Waals surface area contributed by atoms with Gasteiger partial charge in [0.2, 0.25) is 0 Å². The Morgan fingerprint density at radius 3 is 2.74 bits per heavy atom. The number of nitrogens with zero attached hydrogens (tertiary/aromatic N) is 4. The average molecular weight is 363 g/mol. The predicted molar refractivity (Wildman–Crippen MR) is 105 cm³/mol. The summed E-state index contributed by atoms with van der Waals surface area (Å²) in [5.41, 5.74) is 2.04. The number of hydrogen-bond donors (Lipinski definition) is 1. The van der Waals surface area contributed by atoms with Crippen LogP contribution in [0, 0.1) is 0 Å². The normalized spacial score (nSPS) is 21.4. The van der Waals surface area contributed by atoms with Gasteiger partial charge in [-0.2, -0.15) is 5.10 Å². The van der Waals surface area contributed by atoms with Crippen LogP contribution < -0.4 is 5.56 Å². The molecule has 0 radical (unpaired) electrons. The quantitative estimate of drug-likeness (QED) is 0.773. The Morgan fingerprint density at radius 1 is 1.11 bits per heavy atom. The molecule has 0 amide bonds. The first-order valence-corrected chi connectivity index (χ1v) is 10.0. The first kappa shape index (κ1) is 16.7. The van der Waals surface area contributed by atoms with E-state index in [1.807, 2.05) is 10.7 Å². The van der Waals surface area contributed by atoms with Crippen molar-refractivity contribution >= 4 is 11.0 Å². The van der Waals surface area contributed by atoms with Crippen molar-refractivity contribution in [1.29, 1.82) is 0 Å². The molecule has 1 aliphatic carbocycles. The molecule has 1 N–H and O–H groups in total. The molecule has 1 aliphatic heterocycles. The van der Waals surface area contributed by atoms with Crippen molar-refractivity contribution < 1.29 is 0 Å². The highest BCUT2D eigenvalue weighted by atomic mass is 16.1. The van der Waals surface area contributed by atoms with Crippen LogP contribution in [0.25, 0.3) is 11.0 Å². The maximum absolute atomic E-state index is 12.6. The van der Waals surface area contributed by atoms with Crippen LogP contribution in [0.5, 0.6) is 0 Å². The molecule has 0 spiro atoms. The number of aromatic nitrogens is 4. The third kappa shape index (κ3) is 3.18. The largest absolute Gasteiger partial charge is 0.310 e. The second kappa shape index (κ2) is 6.93. The fourth-order valence-corrected chi connectivity index (χ4v) is 4.60. The lowest BCUT2D eigenvalue weighted by Gasteiger charge is -2.16. The molecule has 1 unspecified atom stereocenters. The molecule has 6 heteroatoms. The van der Waals surface area contributed by atoms with Crippen LogP contribution >= 0.6 is 0 Å². The van der Waals surface area contributed by atoms with Gasteiger partial charge in [-0.05, 0) is 31.4 Å². The van der Waals surface area contributed by atoms with E-state index < -0.39 is 0 Å². The summed E-state index contributed by atoms with van der Waals surface area (Å²) in [7, 11) is 0. The van der Waals surface area contributed by atoms with Gasteiger partial charge in [0.05, 0.1) is 12.2 Å². The third-order valence-corrected chi connectivity index (χ3v) is 6.06. The van der Waals surface area contributed by atoms with Crippen molar-refractivity contribution in [2.24, 2.45) is 0 Å². The van der Waals surface area contributed by atoms with E-state index in [-0.39, 0.29) is 11.5 Å². The van der Waals surface area contributed by atoms with Crippen molar-refractivity contribution in [1.82, 2.24) is 24.6 Å². The molecule has 5 rings (SSSR count). The third-order valence-electron chi connectivity index (χ3n) is 6.06. The molecular weight excluding hydrogens is 338 g/mol. The topological polar surface area (TPSA) is 66.8 Å². The number of rotatable bonds is 4. The standard InChI is InChI=1S/C21H25N5O/c27-21-18-12-22-26(17-8-4-5-9-17)20(18)23-19(24-21)16-10-11-25(14-16)13-15-6-2-1-3-7-15/h1-3,6-7,12,16-17H,4-5,8-11,13-14H2,(H,23,24,27). The van der Waals surface area contributed by atoms with Gasteiger partial charge < -0.3 is 4.98 Å². The summed E-state index contributed by atoms with van der Waals surface area (Å²) >= 11 is 0. The number of H-pyrrole nitrogens is 1. The molecule has 2 aromatic heterocycles. The van der Waals surface area contributed by atoms with Gasteiger partial charge >= 0.3 is 0 Å². The van der Waals surface area contributed by atoms with Gasteiger partial charge in [-0.25, -0.2) is 9.67 Å². The van der Waals surface area contributed by atoms with E-state index in [1.165, 1.54) is 18.4 Å². The molecule has 1 atom stereocenters. The van der Waals surface area contributed by atoms with E-state index in [0.717, 1.165) is 50.4 Å². The smallest absolute Gasteiger partial charge is 0.262 e. The van der Waals surface area contributed by atoms with Crippen molar-refractivity contribution in [3.63, 3.8) is 0 Å². The summed E-state index contributed by atoms with van der Waals surface area (Å²) in [6, 6.07) is 10.9. The highest BCUT2D eigenvalue weighted by molar-refractivity contribution is 5.73. The van der Waals surface area contributed by atoms with Gasteiger partial charge in [-0.15, -0.1) is 0 Å². The maximum atomic E-state index is 12.6. The number of aromatic amines is 1. The van der Waals surface area contributed by atoms with Crippen molar-refractivity contribution in [2.75, 3.05) is 13.1 Å². The highest BCUT2D eigenvalue weighted by Crippen LogP contribution is 2.31. The van der Waals surface area contributed by atoms with E-state index in [1.54, 1.807) is 6.20 Å². The van der Waals surface area contributed by atoms with Crippen LogP contribution in [0.3, 0.4) is 0 Å². The van der Waals surface area contributed by atoms with Crippen molar-refractivity contribution in [2.45, 2.75) is 50.6 Å². The van der Waals surface area contributed by atoms with Crippen LogP contribution in [0.1, 0.15) is 55.5 Å². The zero-order valence-electron chi connectivity index (χ0n) is 15.5. The van der Waals surface area contributed by atoms with Crippen LogP contribution in [0.15, 0.2) is 41.3 Å². The summed E-state index contributed by atoms with van der Waals surface area (Å²) in [6.45, 7) is 2.91. The SMILES string of the molecule is O=c1[nH]c(C2CCN(Cc3ccccc3)C2)nc2c1cnn2C1CCCC1. The van der Waals surface area contributed by atoms with E-state index in [9.17, 15) is 4.79 Å². The first-order valence-electron chi connectivity index (χ1n) is 10.0. The van der Waals surface area contributed by atoms with Crippen molar-refractivity contribution in [3.05, 3.63) is 58.3 Å². The minimum atomic E-state index is -0.0549. The number of fused-ring (bicyclic) bond motifs is 1. The first-order chi connectivity index (χ1) is 13.3. The highest BCUT2D eigenvalue weighted by Gasteiger charge is 2.27. The zero-order valence-corrected chi connectivity index (χ0v) is 15.5. The second-order valence-electron chi connectivity index (χ2n) is 7.92. The molecule has 27 heavy (non-hydrogen) atoms. The fourth-order valence-electron chi connectivity index (χ4n) is 4.60. The maximum Gasteiger partial charge on any atom is 0.262 e. The predicted octanol–water partition coefficient (Wildman–Crippen LogP) is 3.22. The Morgan fingerprint density at radius 2 is 1.93 bits per heavy atom. The number of likely N-dealkylation sites (tertiary alicyclic amines) is 1. The minimum Gasteiger partial charge on any atom is -0.310 e. The number of benzene rings is 1. The number of nitrogens with one attached hydrogen (secondary N) is 1. The second-order valence-corrected chi connectivity index (χ2v) is 7.92. The lowest BCUT2D eigenvalue weighted by molar-refractivity contribution is 0.325. The van der Waals surface area contributed by atoms with Gasteiger partial charge in [0, 0.05) is 19.0 Å². The molecular formula is C21H25N5O. The average Bonchev–Trinajstić information content (AvgIpc) is 3.42. The molecule has 0 bridgehead atoms. The molecule has 1 aromatic carbocycles. The Hall–Kier alpha value is -2.47. The molecule has 1 saturated carbocycles. The Labute approximate surface area is 158 Å². The van der Waals surface area contributed by atoms with Gasteiger partial charge in [0.15, 0.2) is 5.65 Å². The minimum absolute atomic E-state index is 0.0549. The number of hydrogen-bond acceptors (Lipinski definition) is 4. The molecule has 2 aliphatic rings. The summed E-state index contributed by atoms with van der Waals surface area (Å²) in [4.78, 5) is 23.0. The van der Waals surface area contributed by atoms with Crippen LogP contribution in [-0.2, 0) is 6.54 Å². The van der Waals surface area contributed by atoms with Crippen molar-refractivity contribution in [3.8, 4) is 0 Å². The molecule has 140 valence electrons. The summed E-state index contributed by atoms with van der Waals surface area (Å²) in [5.74, 6) is 1.10. The summed E-state index contributed by atoms with van der Waals surface area (Å²) < 4.78 is 2.00. The summed E-state index contributed by atoms with van der Waals surface area (Å²) in [6.07, 6.45) is 7.44. The monoisotopic (exact) mass is 363 g/mol. The van der Waals surface area contributed by atoms with Gasteiger partial charge in [0.25, 0.3) is 5.56 Å².